The quantitative estimate of drug-likeness (QED) is 0.624. The lowest BCUT2D eigenvalue weighted by atomic mass is 10.1. The van der Waals surface area contributed by atoms with Crippen LogP contribution in [0.15, 0.2) is 18.2 Å². The number of fused-ring (bicyclic) bond motifs is 1. The highest BCUT2D eigenvalue weighted by Gasteiger charge is 2.18. The summed E-state index contributed by atoms with van der Waals surface area (Å²) < 4.78 is 15.7. The highest BCUT2D eigenvalue weighted by Crippen LogP contribution is 2.31. The Morgan fingerprint density at radius 3 is 2.83 bits per heavy atom. The number of hydrogen-bond acceptors (Lipinski definition) is 4. The minimum Gasteiger partial charge on any atom is -0.490 e. The third-order valence-electron chi connectivity index (χ3n) is 2.68. The molecule has 1 unspecified atom stereocenters. The highest BCUT2D eigenvalue weighted by atomic mass is 35.5. The molecule has 2 rings (SSSR count). The molecule has 98 valence electrons. The van der Waals surface area contributed by atoms with E-state index in [1.807, 2.05) is 18.2 Å². The largest absolute Gasteiger partial charge is 0.490 e. The maximum Gasteiger partial charge on any atom is 0.324 e. The maximum atomic E-state index is 11.2. The molecule has 18 heavy (non-hydrogen) atoms. The molecule has 0 aromatic heterocycles. The molecular formula is C13H15ClO4. The summed E-state index contributed by atoms with van der Waals surface area (Å²) in [6.07, 6.45) is 1.27. The molecule has 1 atom stereocenters. The number of rotatable bonds is 3. The average molecular weight is 271 g/mol. The summed E-state index contributed by atoms with van der Waals surface area (Å²) in [5.74, 6) is 1.02. The Labute approximate surface area is 111 Å². The van der Waals surface area contributed by atoms with E-state index >= 15 is 0 Å². The van der Waals surface area contributed by atoms with Crippen molar-refractivity contribution in [2.75, 3.05) is 20.3 Å². The van der Waals surface area contributed by atoms with E-state index in [1.54, 1.807) is 0 Å². The molecule has 0 radical (unpaired) electrons. The van der Waals surface area contributed by atoms with E-state index in [0.29, 0.717) is 25.4 Å². The molecule has 0 aliphatic carbocycles. The fraction of sp³-hybridized carbons (Fsp3) is 0.462. The molecule has 1 aliphatic rings. The van der Waals surface area contributed by atoms with Crippen LogP contribution in [-0.2, 0) is 16.0 Å². The summed E-state index contributed by atoms with van der Waals surface area (Å²) in [4.78, 5) is 11.2. The first kappa shape index (κ1) is 13.0. The Morgan fingerprint density at radius 2 is 2.11 bits per heavy atom. The second-order valence-electron chi connectivity index (χ2n) is 4.03. The normalized spacial score (nSPS) is 15.7. The van der Waals surface area contributed by atoms with Crippen LogP contribution in [0.1, 0.15) is 12.0 Å². The van der Waals surface area contributed by atoms with Crippen molar-refractivity contribution in [1.82, 2.24) is 0 Å². The van der Waals surface area contributed by atoms with Gasteiger partial charge in [-0.15, -0.1) is 11.6 Å². The Hall–Kier alpha value is -1.42. The van der Waals surface area contributed by atoms with Gasteiger partial charge >= 0.3 is 5.97 Å². The van der Waals surface area contributed by atoms with Gasteiger partial charge in [0.15, 0.2) is 11.5 Å². The van der Waals surface area contributed by atoms with Crippen LogP contribution in [0.4, 0.5) is 0 Å². The van der Waals surface area contributed by atoms with Crippen LogP contribution in [0.3, 0.4) is 0 Å². The van der Waals surface area contributed by atoms with Gasteiger partial charge in [0.1, 0.15) is 5.38 Å². The first-order valence-electron chi connectivity index (χ1n) is 5.81. The second-order valence-corrected chi connectivity index (χ2v) is 4.55. The van der Waals surface area contributed by atoms with Gasteiger partial charge in [-0.3, -0.25) is 4.79 Å². The van der Waals surface area contributed by atoms with Crippen molar-refractivity contribution in [1.29, 1.82) is 0 Å². The summed E-state index contributed by atoms with van der Waals surface area (Å²) >= 11 is 5.93. The molecule has 1 aromatic rings. The summed E-state index contributed by atoms with van der Waals surface area (Å²) in [7, 11) is 1.33. The zero-order valence-electron chi connectivity index (χ0n) is 10.1. The third-order valence-corrected chi connectivity index (χ3v) is 3.02. The number of methoxy groups -OCH3 is 1. The van der Waals surface area contributed by atoms with E-state index < -0.39 is 11.3 Å². The molecule has 1 aliphatic heterocycles. The SMILES string of the molecule is COC(=O)C(Cl)Cc1ccc2c(c1)OCCCO2. The number of carbonyl (C=O) groups excluding carboxylic acids is 1. The van der Waals surface area contributed by atoms with Gasteiger partial charge in [0, 0.05) is 6.42 Å². The predicted octanol–water partition coefficient (Wildman–Crippen LogP) is 2.17. The molecule has 0 bridgehead atoms. The van der Waals surface area contributed by atoms with Crippen LogP contribution in [0.5, 0.6) is 11.5 Å². The fourth-order valence-corrected chi connectivity index (χ4v) is 2.02. The number of halogens is 1. The Bertz CT molecular complexity index is 433. The van der Waals surface area contributed by atoms with Gasteiger partial charge in [0.2, 0.25) is 0 Å². The van der Waals surface area contributed by atoms with Gasteiger partial charge in [-0.1, -0.05) is 6.07 Å². The zero-order chi connectivity index (χ0) is 13.0. The van der Waals surface area contributed by atoms with Crippen LogP contribution >= 0.6 is 11.6 Å². The van der Waals surface area contributed by atoms with Crippen molar-refractivity contribution < 1.29 is 19.0 Å². The molecular weight excluding hydrogens is 256 g/mol. The lowest BCUT2D eigenvalue weighted by Gasteiger charge is -2.11. The van der Waals surface area contributed by atoms with Crippen molar-refractivity contribution in [3.8, 4) is 11.5 Å². The first-order valence-corrected chi connectivity index (χ1v) is 6.25. The summed E-state index contributed by atoms with van der Waals surface area (Å²) in [6.45, 7) is 1.30. The van der Waals surface area contributed by atoms with E-state index in [4.69, 9.17) is 21.1 Å². The molecule has 0 fully saturated rings. The Balaban J connectivity index is 2.10. The van der Waals surface area contributed by atoms with Crippen molar-refractivity contribution >= 4 is 17.6 Å². The van der Waals surface area contributed by atoms with Crippen molar-refractivity contribution in [2.45, 2.75) is 18.2 Å². The molecule has 1 aromatic carbocycles. The van der Waals surface area contributed by atoms with E-state index in [1.165, 1.54) is 7.11 Å². The predicted molar refractivity (Wildman–Crippen MR) is 67.4 cm³/mol. The number of benzene rings is 1. The van der Waals surface area contributed by atoms with Gasteiger partial charge in [-0.2, -0.15) is 0 Å². The van der Waals surface area contributed by atoms with Crippen molar-refractivity contribution in [3.05, 3.63) is 23.8 Å². The van der Waals surface area contributed by atoms with Crippen LogP contribution in [-0.4, -0.2) is 31.7 Å². The van der Waals surface area contributed by atoms with Crippen LogP contribution in [0, 0.1) is 0 Å². The van der Waals surface area contributed by atoms with Crippen molar-refractivity contribution in [2.24, 2.45) is 0 Å². The topological polar surface area (TPSA) is 44.8 Å². The van der Waals surface area contributed by atoms with E-state index in [0.717, 1.165) is 17.7 Å². The minimum absolute atomic E-state index is 0.408. The molecule has 0 saturated heterocycles. The number of carbonyl (C=O) groups is 1. The average Bonchev–Trinajstić information content (AvgIpc) is 2.62. The summed E-state index contributed by atoms with van der Waals surface area (Å²) in [5, 5.41) is -0.681. The van der Waals surface area contributed by atoms with E-state index in [9.17, 15) is 4.79 Å². The molecule has 0 N–H and O–H groups in total. The zero-order valence-corrected chi connectivity index (χ0v) is 10.9. The molecule has 0 saturated carbocycles. The minimum atomic E-state index is -0.681. The van der Waals surface area contributed by atoms with Crippen LogP contribution < -0.4 is 9.47 Å². The fourth-order valence-electron chi connectivity index (χ4n) is 1.75. The monoisotopic (exact) mass is 270 g/mol. The summed E-state index contributed by atoms with van der Waals surface area (Å²) in [6, 6.07) is 5.59. The molecule has 1 heterocycles. The van der Waals surface area contributed by atoms with Gasteiger partial charge in [-0.05, 0) is 24.1 Å². The molecule has 0 spiro atoms. The third kappa shape index (κ3) is 3.07. The van der Waals surface area contributed by atoms with Crippen LogP contribution in [0.25, 0.3) is 0 Å². The Kier molecular flexibility index (Phi) is 4.31. The first-order chi connectivity index (χ1) is 8.70. The lowest BCUT2D eigenvalue weighted by molar-refractivity contribution is -0.140. The number of ether oxygens (including phenoxy) is 3. The molecule has 4 nitrogen and oxygen atoms in total. The van der Waals surface area contributed by atoms with Crippen molar-refractivity contribution in [3.63, 3.8) is 0 Å². The lowest BCUT2D eigenvalue weighted by Crippen LogP contribution is -2.18. The maximum absolute atomic E-state index is 11.2. The summed E-state index contributed by atoms with van der Waals surface area (Å²) in [5.41, 5.74) is 0.921. The standard InChI is InChI=1S/C13H15ClO4/c1-16-13(15)10(14)7-9-3-4-11-12(8-9)18-6-2-5-17-11/h3-4,8,10H,2,5-7H2,1H3. The number of esters is 1. The number of hydrogen-bond donors (Lipinski definition) is 0. The van der Waals surface area contributed by atoms with Gasteiger partial charge in [0.25, 0.3) is 0 Å². The second kappa shape index (κ2) is 5.96. The van der Waals surface area contributed by atoms with E-state index in [2.05, 4.69) is 4.74 Å². The van der Waals surface area contributed by atoms with Crippen LogP contribution in [0.2, 0.25) is 0 Å². The smallest absolute Gasteiger partial charge is 0.324 e. The van der Waals surface area contributed by atoms with Gasteiger partial charge in [-0.25, -0.2) is 0 Å². The number of alkyl halides is 1. The van der Waals surface area contributed by atoms with E-state index in [-0.39, 0.29) is 0 Å². The van der Waals surface area contributed by atoms with Gasteiger partial charge < -0.3 is 14.2 Å². The highest BCUT2D eigenvalue weighted by molar-refractivity contribution is 6.30. The Morgan fingerprint density at radius 1 is 1.39 bits per heavy atom. The molecule has 5 heteroatoms. The molecule has 0 amide bonds. The van der Waals surface area contributed by atoms with Gasteiger partial charge in [0.05, 0.1) is 20.3 Å².